The summed E-state index contributed by atoms with van der Waals surface area (Å²) in [6.45, 7) is 1.78. The molecule has 13 heavy (non-hydrogen) atoms. The highest BCUT2D eigenvalue weighted by atomic mass is 32.1. The van der Waals surface area contributed by atoms with Crippen molar-refractivity contribution in [1.29, 1.82) is 0 Å². The molecule has 1 N–H and O–H groups in total. The third kappa shape index (κ3) is 2.62. The Morgan fingerprint density at radius 1 is 1.62 bits per heavy atom. The highest BCUT2D eigenvalue weighted by molar-refractivity contribution is 7.96. The molecule has 4 nitrogen and oxygen atoms in total. The van der Waals surface area contributed by atoms with E-state index < -0.39 is 5.24 Å². The van der Waals surface area contributed by atoms with Crippen molar-refractivity contribution in [2.24, 2.45) is 0 Å². The average Bonchev–Trinajstić information content (AvgIpc) is 2.08. The van der Waals surface area contributed by atoms with E-state index in [9.17, 15) is 4.79 Å². The lowest BCUT2D eigenvalue weighted by atomic mass is 10.3. The SMILES string of the molecule is COc1ccc(NC(=O)S)c(C)n1. The van der Waals surface area contributed by atoms with Crippen molar-refractivity contribution in [3.05, 3.63) is 17.8 Å². The topological polar surface area (TPSA) is 51.2 Å². The Labute approximate surface area is 81.7 Å². The molecule has 0 atom stereocenters. The number of thiol groups is 1. The van der Waals surface area contributed by atoms with Crippen LogP contribution in [0.5, 0.6) is 5.88 Å². The lowest BCUT2D eigenvalue weighted by Crippen LogP contribution is -2.04. The quantitative estimate of drug-likeness (QED) is 0.713. The summed E-state index contributed by atoms with van der Waals surface area (Å²) in [5.74, 6) is 0.523. The van der Waals surface area contributed by atoms with Crippen molar-refractivity contribution in [2.75, 3.05) is 12.4 Å². The summed E-state index contributed by atoms with van der Waals surface area (Å²) in [6, 6.07) is 3.39. The first-order chi connectivity index (χ1) is 6.13. The first kappa shape index (κ1) is 9.85. The van der Waals surface area contributed by atoms with Gasteiger partial charge in [-0.1, -0.05) is 12.6 Å². The van der Waals surface area contributed by atoms with Crippen LogP contribution in [0.25, 0.3) is 0 Å². The largest absolute Gasteiger partial charge is 0.481 e. The number of methoxy groups -OCH3 is 1. The highest BCUT2D eigenvalue weighted by Gasteiger charge is 2.02. The molecule has 0 aliphatic carbocycles. The Bertz CT molecular complexity index is 328. The molecule has 1 aromatic rings. The van der Waals surface area contributed by atoms with E-state index in [4.69, 9.17) is 4.74 Å². The van der Waals surface area contributed by atoms with Crippen molar-refractivity contribution in [3.8, 4) is 5.88 Å². The van der Waals surface area contributed by atoms with Crippen LogP contribution >= 0.6 is 12.6 Å². The number of anilines is 1. The number of nitrogens with zero attached hydrogens (tertiary/aromatic N) is 1. The summed E-state index contributed by atoms with van der Waals surface area (Å²) in [4.78, 5) is 14.7. The molecule has 1 heterocycles. The van der Waals surface area contributed by atoms with Gasteiger partial charge in [-0.15, -0.1) is 0 Å². The number of aryl methyl sites for hydroxylation is 1. The first-order valence-corrected chi connectivity index (χ1v) is 4.10. The molecule has 0 aromatic carbocycles. The number of aromatic nitrogens is 1. The smallest absolute Gasteiger partial charge is 0.280 e. The molecule has 1 rings (SSSR count). The number of hydrogen-bond acceptors (Lipinski definition) is 3. The van der Waals surface area contributed by atoms with Gasteiger partial charge in [-0.3, -0.25) is 4.79 Å². The molecule has 0 aliphatic rings. The van der Waals surface area contributed by atoms with E-state index in [1.807, 2.05) is 0 Å². The van der Waals surface area contributed by atoms with Gasteiger partial charge in [0.15, 0.2) is 0 Å². The molecular formula is C8H10N2O2S. The van der Waals surface area contributed by atoms with Crippen molar-refractivity contribution >= 4 is 23.6 Å². The molecule has 0 saturated heterocycles. The molecule has 0 fully saturated rings. The number of carbonyl (C=O) groups excluding carboxylic acids is 1. The molecule has 5 heteroatoms. The molecule has 0 unspecified atom stereocenters. The normalized spacial score (nSPS) is 9.46. The van der Waals surface area contributed by atoms with E-state index in [0.29, 0.717) is 17.3 Å². The second-order valence-electron chi connectivity index (χ2n) is 2.42. The van der Waals surface area contributed by atoms with Crippen LogP contribution in [0, 0.1) is 6.92 Å². The lowest BCUT2D eigenvalue weighted by Gasteiger charge is -2.06. The Morgan fingerprint density at radius 3 is 2.77 bits per heavy atom. The average molecular weight is 198 g/mol. The van der Waals surface area contributed by atoms with E-state index in [1.54, 1.807) is 26.2 Å². The maximum Gasteiger partial charge on any atom is 0.280 e. The third-order valence-corrected chi connectivity index (χ3v) is 1.62. The number of amides is 1. The molecule has 70 valence electrons. The zero-order valence-corrected chi connectivity index (χ0v) is 8.26. The number of pyridine rings is 1. The number of ether oxygens (including phenoxy) is 1. The van der Waals surface area contributed by atoms with Gasteiger partial charge >= 0.3 is 0 Å². The minimum Gasteiger partial charge on any atom is -0.481 e. The molecule has 0 bridgehead atoms. The third-order valence-electron chi connectivity index (χ3n) is 1.51. The number of hydrogen-bond donors (Lipinski definition) is 2. The second-order valence-corrected chi connectivity index (χ2v) is 2.82. The fourth-order valence-electron chi connectivity index (χ4n) is 0.899. The molecule has 1 amide bonds. The second kappa shape index (κ2) is 4.13. The van der Waals surface area contributed by atoms with Crippen LogP contribution in [-0.4, -0.2) is 17.3 Å². The molecule has 0 aliphatic heterocycles. The summed E-state index contributed by atoms with van der Waals surface area (Å²) in [5.41, 5.74) is 1.34. The van der Waals surface area contributed by atoms with E-state index in [2.05, 4.69) is 22.9 Å². The summed E-state index contributed by atoms with van der Waals surface area (Å²) in [6.07, 6.45) is 0. The summed E-state index contributed by atoms with van der Waals surface area (Å²) >= 11 is 3.60. The Hall–Kier alpha value is -1.23. The monoisotopic (exact) mass is 198 g/mol. The molecular weight excluding hydrogens is 188 g/mol. The minimum absolute atomic E-state index is 0.407. The number of rotatable bonds is 2. The minimum atomic E-state index is -0.407. The molecule has 0 radical (unpaired) electrons. The van der Waals surface area contributed by atoms with Crippen LogP contribution < -0.4 is 10.1 Å². The lowest BCUT2D eigenvalue weighted by molar-refractivity contribution is 0.270. The van der Waals surface area contributed by atoms with E-state index in [0.717, 1.165) is 0 Å². The van der Waals surface area contributed by atoms with Gasteiger partial charge in [0.2, 0.25) is 5.88 Å². The highest BCUT2D eigenvalue weighted by Crippen LogP contribution is 2.16. The zero-order valence-electron chi connectivity index (χ0n) is 7.37. The van der Waals surface area contributed by atoms with Gasteiger partial charge in [0.1, 0.15) is 0 Å². The molecule has 1 aromatic heterocycles. The number of carbonyl (C=O) groups is 1. The van der Waals surface area contributed by atoms with Gasteiger partial charge in [0, 0.05) is 6.07 Å². The van der Waals surface area contributed by atoms with Crippen LogP contribution in [0.2, 0.25) is 0 Å². The van der Waals surface area contributed by atoms with E-state index >= 15 is 0 Å². The Morgan fingerprint density at radius 2 is 2.31 bits per heavy atom. The van der Waals surface area contributed by atoms with E-state index in [-0.39, 0.29) is 0 Å². The summed E-state index contributed by atoms with van der Waals surface area (Å²) < 4.78 is 4.91. The van der Waals surface area contributed by atoms with Crippen molar-refractivity contribution in [1.82, 2.24) is 4.98 Å². The van der Waals surface area contributed by atoms with Gasteiger partial charge in [0.25, 0.3) is 5.24 Å². The van der Waals surface area contributed by atoms with Gasteiger partial charge in [-0.05, 0) is 13.0 Å². The fraction of sp³-hybridized carbons (Fsp3) is 0.250. The van der Waals surface area contributed by atoms with Crippen molar-refractivity contribution in [3.63, 3.8) is 0 Å². The van der Waals surface area contributed by atoms with E-state index in [1.165, 1.54) is 0 Å². The Balaban J connectivity index is 2.91. The predicted molar refractivity (Wildman–Crippen MR) is 53.5 cm³/mol. The van der Waals surface area contributed by atoms with Crippen LogP contribution in [0.4, 0.5) is 10.5 Å². The van der Waals surface area contributed by atoms with Gasteiger partial charge in [-0.2, -0.15) is 0 Å². The number of nitrogens with one attached hydrogen (secondary N) is 1. The van der Waals surface area contributed by atoms with Crippen LogP contribution in [0.15, 0.2) is 12.1 Å². The van der Waals surface area contributed by atoms with Crippen LogP contribution in [0.3, 0.4) is 0 Å². The Kier molecular flexibility index (Phi) is 3.13. The summed E-state index contributed by atoms with van der Waals surface area (Å²) in [7, 11) is 1.54. The zero-order chi connectivity index (χ0) is 9.84. The summed E-state index contributed by atoms with van der Waals surface area (Å²) in [5, 5.41) is 2.12. The fourth-order valence-corrected chi connectivity index (χ4v) is 1.02. The predicted octanol–water partition coefficient (Wildman–Crippen LogP) is 1.86. The molecule has 0 spiro atoms. The van der Waals surface area contributed by atoms with Crippen LogP contribution in [-0.2, 0) is 0 Å². The molecule has 0 saturated carbocycles. The van der Waals surface area contributed by atoms with Gasteiger partial charge in [0.05, 0.1) is 18.5 Å². The standard InChI is InChI=1S/C8H10N2O2S/c1-5-6(10-8(11)13)3-4-7(9-5)12-2/h3-4H,1-2H3,(H2,10,11,13). The van der Waals surface area contributed by atoms with Crippen molar-refractivity contribution in [2.45, 2.75) is 6.92 Å². The first-order valence-electron chi connectivity index (χ1n) is 3.65. The van der Waals surface area contributed by atoms with Crippen LogP contribution in [0.1, 0.15) is 5.69 Å². The van der Waals surface area contributed by atoms with Gasteiger partial charge < -0.3 is 10.1 Å². The van der Waals surface area contributed by atoms with Crippen molar-refractivity contribution < 1.29 is 9.53 Å². The maximum absolute atomic E-state index is 10.6. The maximum atomic E-state index is 10.6. The van der Waals surface area contributed by atoms with Gasteiger partial charge in [-0.25, -0.2) is 4.98 Å².